The van der Waals surface area contributed by atoms with Crippen LogP contribution in [0.4, 0.5) is 11.8 Å². The molecule has 0 atom stereocenters. The van der Waals surface area contributed by atoms with Crippen LogP contribution in [0.25, 0.3) is 10.2 Å². The molecule has 0 saturated heterocycles. The molecule has 0 unspecified atom stereocenters. The summed E-state index contributed by atoms with van der Waals surface area (Å²) in [5, 5.41) is 9.58. The predicted octanol–water partition coefficient (Wildman–Crippen LogP) is 3.70. The zero-order valence-corrected chi connectivity index (χ0v) is 13.0. The first kappa shape index (κ1) is 13.8. The number of rotatable bonds is 5. The summed E-state index contributed by atoms with van der Waals surface area (Å²) in [4.78, 5) is 9.98. The topological polar surface area (TPSA) is 49.8 Å². The fourth-order valence-corrected chi connectivity index (χ4v) is 3.07. The Morgan fingerprint density at radius 3 is 2.81 bits per heavy atom. The Labute approximate surface area is 128 Å². The molecule has 0 aliphatic heterocycles. The average Bonchev–Trinajstić information content (AvgIpc) is 2.97. The Balaban J connectivity index is 1.76. The smallest absolute Gasteiger partial charge is 0.225 e. The van der Waals surface area contributed by atoms with Gasteiger partial charge in [-0.15, -0.1) is 11.3 Å². The van der Waals surface area contributed by atoms with E-state index in [1.165, 1.54) is 11.1 Å². The number of thiophene rings is 1. The van der Waals surface area contributed by atoms with Crippen molar-refractivity contribution in [2.75, 3.05) is 24.2 Å². The van der Waals surface area contributed by atoms with E-state index in [0.717, 1.165) is 29.0 Å². The number of nitrogens with one attached hydrogen (secondary N) is 2. The summed E-state index contributed by atoms with van der Waals surface area (Å²) in [5.74, 6) is 1.56. The monoisotopic (exact) mass is 298 g/mol. The first-order valence-electron chi connectivity index (χ1n) is 6.99. The zero-order valence-electron chi connectivity index (χ0n) is 12.2. The predicted molar refractivity (Wildman–Crippen MR) is 90.3 cm³/mol. The molecule has 2 heterocycles. The highest BCUT2D eigenvalue weighted by molar-refractivity contribution is 7.16. The Morgan fingerprint density at radius 2 is 2.00 bits per heavy atom. The van der Waals surface area contributed by atoms with Gasteiger partial charge < -0.3 is 10.6 Å². The molecule has 0 spiro atoms. The van der Waals surface area contributed by atoms with Gasteiger partial charge in [-0.05, 0) is 35.9 Å². The third kappa shape index (κ3) is 2.97. The van der Waals surface area contributed by atoms with Gasteiger partial charge in [-0.1, -0.05) is 24.3 Å². The third-order valence-corrected chi connectivity index (χ3v) is 4.30. The Hall–Kier alpha value is -2.14. The van der Waals surface area contributed by atoms with Gasteiger partial charge in [-0.25, -0.2) is 4.98 Å². The fraction of sp³-hybridized carbons (Fsp3) is 0.250. The van der Waals surface area contributed by atoms with Gasteiger partial charge in [0, 0.05) is 13.6 Å². The van der Waals surface area contributed by atoms with Crippen molar-refractivity contribution in [3.63, 3.8) is 0 Å². The normalized spacial score (nSPS) is 10.8. The van der Waals surface area contributed by atoms with Gasteiger partial charge in [0.25, 0.3) is 0 Å². The van der Waals surface area contributed by atoms with Crippen molar-refractivity contribution in [1.29, 1.82) is 0 Å². The van der Waals surface area contributed by atoms with Crippen LogP contribution in [0.3, 0.4) is 0 Å². The minimum atomic E-state index is 0.656. The standard InChI is InChI=1S/C16H18N4S/c1-11-5-3-4-6-12(11)7-9-18-14-13-8-10-21-15(13)20-16(17-2)19-14/h3-6,8,10H,7,9H2,1-2H3,(H2,17,18,19,20). The lowest BCUT2D eigenvalue weighted by atomic mass is 10.1. The van der Waals surface area contributed by atoms with Gasteiger partial charge >= 0.3 is 0 Å². The summed E-state index contributed by atoms with van der Waals surface area (Å²) in [5.41, 5.74) is 2.70. The highest BCUT2D eigenvalue weighted by atomic mass is 32.1. The van der Waals surface area contributed by atoms with E-state index >= 15 is 0 Å². The SMILES string of the molecule is CNc1nc(NCCc2ccccc2C)c2ccsc2n1. The van der Waals surface area contributed by atoms with Crippen molar-refractivity contribution < 1.29 is 0 Å². The molecule has 0 bridgehead atoms. The van der Waals surface area contributed by atoms with E-state index in [4.69, 9.17) is 0 Å². The lowest BCUT2D eigenvalue weighted by Gasteiger charge is -2.10. The molecule has 4 nitrogen and oxygen atoms in total. The quantitative estimate of drug-likeness (QED) is 0.754. The highest BCUT2D eigenvalue weighted by Gasteiger charge is 2.08. The Morgan fingerprint density at radius 1 is 1.14 bits per heavy atom. The maximum absolute atomic E-state index is 4.52. The van der Waals surface area contributed by atoms with Crippen LogP contribution in [0.2, 0.25) is 0 Å². The van der Waals surface area contributed by atoms with E-state index in [-0.39, 0.29) is 0 Å². The van der Waals surface area contributed by atoms with Gasteiger partial charge in [-0.3, -0.25) is 0 Å². The van der Waals surface area contributed by atoms with Crippen LogP contribution < -0.4 is 10.6 Å². The van der Waals surface area contributed by atoms with Gasteiger partial charge in [0.2, 0.25) is 5.95 Å². The van der Waals surface area contributed by atoms with Crippen LogP contribution >= 0.6 is 11.3 Å². The maximum Gasteiger partial charge on any atom is 0.225 e. The first-order chi connectivity index (χ1) is 10.3. The number of hydrogen-bond donors (Lipinski definition) is 2. The van der Waals surface area contributed by atoms with E-state index in [2.05, 4.69) is 57.9 Å². The number of nitrogens with zero attached hydrogens (tertiary/aromatic N) is 2. The second-order valence-electron chi connectivity index (χ2n) is 4.89. The highest BCUT2D eigenvalue weighted by Crippen LogP contribution is 2.26. The molecule has 0 fully saturated rings. The minimum absolute atomic E-state index is 0.656. The molecule has 0 amide bonds. The maximum atomic E-state index is 4.52. The number of anilines is 2. The van der Waals surface area contributed by atoms with Crippen LogP contribution in [0, 0.1) is 6.92 Å². The number of aromatic nitrogens is 2. The van der Waals surface area contributed by atoms with Gasteiger partial charge in [0.05, 0.1) is 5.39 Å². The molecule has 0 aliphatic carbocycles. The lowest BCUT2D eigenvalue weighted by molar-refractivity contribution is 0.994. The second kappa shape index (κ2) is 6.10. The van der Waals surface area contributed by atoms with Crippen LogP contribution in [-0.4, -0.2) is 23.6 Å². The number of hydrogen-bond acceptors (Lipinski definition) is 5. The van der Waals surface area contributed by atoms with Crippen molar-refractivity contribution in [3.8, 4) is 0 Å². The molecule has 0 aliphatic rings. The molecule has 3 aromatic rings. The number of fused-ring (bicyclic) bond motifs is 1. The summed E-state index contributed by atoms with van der Waals surface area (Å²) < 4.78 is 0. The molecule has 2 N–H and O–H groups in total. The Bertz CT molecular complexity index is 751. The third-order valence-electron chi connectivity index (χ3n) is 3.50. The van der Waals surface area contributed by atoms with E-state index < -0.39 is 0 Å². The second-order valence-corrected chi connectivity index (χ2v) is 5.78. The van der Waals surface area contributed by atoms with Crippen molar-refractivity contribution in [2.24, 2.45) is 0 Å². The fourth-order valence-electron chi connectivity index (χ4n) is 2.31. The van der Waals surface area contributed by atoms with Gasteiger partial charge in [0.1, 0.15) is 10.6 Å². The molecule has 1 aromatic carbocycles. The molecule has 2 aromatic heterocycles. The molecule has 21 heavy (non-hydrogen) atoms. The molecule has 108 valence electrons. The Kier molecular flexibility index (Phi) is 4.01. The van der Waals surface area contributed by atoms with Gasteiger partial charge in [0.15, 0.2) is 0 Å². The molecule has 5 heteroatoms. The van der Waals surface area contributed by atoms with Crippen molar-refractivity contribution >= 4 is 33.3 Å². The van der Waals surface area contributed by atoms with E-state index in [9.17, 15) is 0 Å². The minimum Gasteiger partial charge on any atom is -0.369 e. The lowest BCUT2D eigenvalue weighted by Crippen LogP contribution is -2.09. The van der Waals surface area contributed by atoms with Crippen molar-refractivity contribution in [1.82, 2.24) is 9.97 Å². The number of aryl methyl sites for hydroxylation is 1. The average molecular weight is 298 g/mol. The van der Waals surface area contributed by atoms with Crippen LogP contribution in [0.15, 0.2) is 35.7 Å². The van der Waals surface area contributed by atoms with Crippen LogP contribution in [-0.2, 0) is 6.42 Å². The van der Waals surface area contributed by atoms with Gasteiger partial charge in [-0.2, -0.15) is 4.98 Å². The van der Waals surface area contributed by atoms with E-state index in [1.807, 2.05) is 12.4 Å². The summed E-state index contributed by atoms with van der Waals surface area (Å²) in [7, 11) is 1.84. The summed E-state index contributed by atoms with van der Waals surface area (Å²) in [6, 6.07) is 10.6. The zero-order chi connectivity index (χ0) is 14.7. The van der Waals surface area contributed by atoms with E-state index in [0.29, 0.717) is 5.95 Å². The number of benzene rings is 1. The molecule has 0 radical (unpaired) electrons. The largest absolute Gasteiger partial charge is 0.369 e. The van der Waals surface area contributed by atoms with Crippen LogP contribution in [0.1, 0.15) is 11.1 Å². The summed E-state index contributed by atoms with van der Waals surface area (Å²) in [6.07, 6.45) is 0.983. The first-order valence-corrected chi connectivity index (χ1v) is 7.87. The summed E-state index contributed by atoms with van der Waals surface area (Å²) >= 11 is 1.63. The molecule has 0 saturated carbocycles. The van der Waals surface area contributed by atoms with Crippen molar-refractivity contribution in [3.05, 3.63) is 46.8 Å². The molecule has 3 rings (SSSR count). The molecular weight excluding hydrogens is 280 g/mol. The summed E-state index contributed by atoms with van der Waals surface area (Å²) in [6.45, 7) is 3.01. The van der Waals surface area contributed by atoms with E-state index in [1.54, 1.807) is 11.3 Å². The molecular formula is C16H18N4S. The van der Waals surface area contributed by atoms with Crippen LogP contribution in [0.5, 0.6) is 0 Å². The van der Waals surface area contributed by atoms with Crippen molar-refractivity contribution in [2.45, 2.75) is 13.3 Å².